The van der Waals surface area contributed by atoms with Crippen molar-refractivity contribution in [1.82, 2.24) is 58.1 Å². The van der Waals surface area contributed by atoms with Crippen LogP contribution in [0.1, 0.15) is 422 Å². The Balaban J connectivity index is 0.000000634. The van der Waals surface area contributed by atoms with E-state index in [0.717, 1.165) is 88.4 Å². The van der Waals surface area contributed by atoms with Gasteiger partial charge in [-0.25, -0.2) is 0 Å². The Morgan fingerprint density at radius 3 is 0.369 bits per heavy atom. The first kappa shape index (κ1) is 108. The number of likely N-dealkylation sites (tertiary alicyclic amines) is 1. The second-order valence-corrected chi connectivity index (χ2v) is 51.5. The summed E-state index contributed by atoms with van der Waals surface area (Å²) in [5, 5.41) is 36.1. The average Bonchev–Trinajstić information content (AvgIpc) is 0.816. The van der Waals surface area contributed by atoms with Crippen molar-refractivity contribution in [3.8, 4) is 0 Å². The highest BCUT2D eigenvalue weighted by atomic mass is 16.5. The van der Waals surface area contributed by atoms with Crippen LogP contribution in [0.25, 0.3) is 0 Å². The molecule has 10 N–H and O–H groups in total. The Kier molecular flexibility index (Phi) is 41.2. The molecule has 7 aliphatic carbocycles. The maximum atomic E-state index is 5.88. The fourth-order valence-corrected chi connectivity index (χ4v) is 15.3. The third kappa shape index (κ3) is 60.5. The predicted molar refractivity (Wildman–Crippen MR) is 486 cm³/mol. The van der Waals surface area contributed by atoms with Gasteiger partial charge >= 0.3 is 0 Å². The predicted octanol–water partition coefficient (Wildman–Crippen LogP) is 20.0. The van der Waals surface area contributed by atoms with Crippen molar-refractivity contribution < 1.29 is 23.7 Å². The first-order valence-corrected chi connectivity index (χ1v) is 44.7. The molecule has 111 heavy (non-hydrogen) atoms. The maximum Gasteiger partial charge on any atom is 0.0612 e. The molecule has 1 saturated heterocycles. The van der Waals surface area contributed by atoms with Gasteiger partial charge in [0.2, 0.25) is 0 Å². The van der Waals surface area contributed by atoms with Crippen LogP contribution in [0.5, 0.6) is 0 Å². The molecule has 1 heterocycles. The summed E-state index contributed by atoms with van der Waals surface area (Å²) in [7, 11) is 0. The summed E-state index contributed by atoms with van der Waals surface area (Å²) in [6.07, 6.45) is 19.0. The molecule has 16 nitrogen and oxygen atoms in total. The van der Waals surface area contributed by atoms with Crippen molar-refractivity contribution in [2.45, 2.75) is 602 Å². The van der Waals surface area contributed by atoms with Gasteiger partial charge in [0.25, 0.3) is 0 Å². The van der Waals surface area contributed by atoms with Gasteiger partial charge in [0.1, 0.15) is 0 Å². The summed E-state index contributed by atoms with van der Waals surface area (Å²) >= 11 is 0. The number of nitrogens with one attached hydrogen (secondary N) is 10. The lowest BCUT2D eigenvalue weighted by atomic mass is 9.83. The van der Waals surface area contributed by atoms with E-state index < -0.39 is 0 Å². The lowest BCUT2D eigenvalue weighted by Crippen LogP contribution is -2.66. The van der Waals surface area contributed by atoms with E-state index in [-0.39, 0.29) is 83.4 Å². The Morgan fingerprint density at radius 1 is 0.162 bits per heavy atom. The van der Waals surface area contributed by atoms with Gasteiger partial charge in [-0.3, -0.25) is 4.90 Å². The normalized spacial score (nSPS) is 27.9. The van der Waals surface area contributed by atoms with Crippen molar-refractivity contribution in [3.63, 3.8) is 0 Å². The van der Waals surface area contributed by atoms with E-state index in [4.69, 9.17) is 23.7 Å². The molecule has 0 spiro atoms. The number of hydrogen-bond acceptors (Lipinski definition) is 16. The maximum absolute atomic E-state index is 5.88. The largest absolute Gasteiger partial charge is 0.373 e. The fourth-order valence-electron chi connectivity index (χ4n) is 15.3. The molecular formula is C95H201N11O5. The van der Waals surface area contributed by atoms with Crippen molar-refractivity contribution in [2.24, 2.45) is 0 Å². The van der Waals surface area contributed by atoms with E-state index >= 15 is 0 Å². The van der Waals surface area contributed by atoms with Crippen LogP contribution in [0.15, 0.2) is 0 Å². The minimum atomic E-state index is 0.0113. The van der Waals surface area contributed by atoms with Gasteiger partial charge in [-0.1, -0.05) is 0 Å². The Hall–Kier alpha value is -0.640. The molecule has 0 unspecified atom stereocenters. The van der Waals surface area contributed by atoms with Gasteiger partial charge in [-0.05, 0) is 422 Å². The monoisotopic (exact) mass is 1580 g/mol. The van der Waals surface area contributed by atoms with Crippen LogP contribution in [0.2, 0.25) is 0 Å². The summed E-state index contributed by atoms with van der Waals surface area (Å²) in [6, 6.07) is 6.84. The first-order valence-electron chi connectivity index (χ1n) is 44.7. The number of nitrogens with zero attached hydrogens (tertiary/aromatic N) is 1. The van der Waals surface area contributed by atoms with Crippen LogP contribution in [0, 0.1) is 0 Å². The van der Waals surface area contributed by atoms with Crippen LogP contribution in [-0.2, 0) is 23.7 Å². The van der Waals surface area contributed by atoms with E-state index in [9.17, 15) is 0 Å². The SMILES string of the molecule is CC(C)(C)NC1CC(NC(C)(C)C)C1.CC(C)(C)NC1CC(NC(C)(C)C)C1.CC(C)(C)NC1CC(OC(C)(C)C)C1.CC(C)(C)NC1CC(OC(C)(C)C)C1.CC(C)(C)NC1CC(OC(C)(C)C)C1.CC(C)(C)NC1CC(OC(C)(C)C)C1.CC(C)(C)NC1CC(OC(C)(C)C)C1.CC(C)(C)NC1CN(C(C)(C)C)C1. The van der Waals surface area contributed by atoms with Crippen LogP contribution in [0.4, 0.5) is 0 Å². The zero-order valence-corrected chi connectivity index (χ0v) is 83.5. The molecule has 7 saturated carbocycles. The summed E-state index contributed by atoms with van der Waals surface area (Å²) in [6.45, 7) is 108. The molecule has 8 rings (SSSR count). The van der Waals surface area contributed by atoms with E-state index in [2.05, 4.69) is 390 Å². The second-order valence-electron chi connectivity index (χ2n) is 51.5. The van der Waals surface area contributed by atoms with E-state index in [1.54, 1.807) is 0 Å². The molecule has 1 aliphatic heterocycles. The minimum absolute atomic E-state index is 0.0113. The molecule has 0 aromatic rings. The summed E-state index contributed by atoms with van der Waals surface area (Å²) < 4.78 is 29.4. The topological polar surface area (TPSA) is 170 Å². The zero-order chi connectivity index (χ0) is 87.2. The van der Waals surface area contributed by atoms with Gasteiger partial charge in [-0.2, -0.15) is 0 Å². The molecule has 16 heteroatoms. The zero-order valence-electron chi connectivity index (χ0n) is 83.5. The summed E-state index contributed by atoms with van der Waals surface area (Å²) in [5.41, 5.74) is 2.87. The highest BCUT2D eigenvalue weighted by molar-refractivity contribution is 5.00. The highest BCUT2D eigenvalue weighted by Crippen LogP contribution is 2.35. The van der Waals surface area contributed by atoms with Gasteiger partial charge in [0.15, 0.2) is 0 Å². The third-order valence-electron chi connectivity index (χ3n) is 18.6. The lowest BCUT2D eigenvalue weighted by molar-refractivity contribution is -0.105. The van der Waals surface area contributed by atoms with E-state index in [0.29, 0.717) is 72.3 Å². The summed E-state index contributed by atoms with van der Waals surface area (Å²) in [4.78, 5) is 2.51. The standard InChI is InChI=1S/2C12H26N2.5C12H25NO.C11H24N2/c7*1-11(2,3)13-9-7-10(8-9)14-12(4,5)6;1-10(2,3)12-9-7-13(8-9)11(4,5)6/h2*9-10,13-14H,7-8H2,1-6H3;5*9-10,13H,7-8H2,1-6H3;9,12H,7-8H2,1-6H3. The van der Waals surface area contributed by atoms with Crippen molar-refractivity contribution in [2.75, 3.05) is 13.1 Å². The molecule has 0 amide bonds. The Labute approximate surface area is 693 Å². The van der Waals surface area contributed by atoms with Crippen LogP contribution < -0.4 is 53.2 Å². The molecule has 0 aromatic carbocycles. The van der Waals surface area contributed by atoms with E-state index in [1.165, 1.54) is 38.8 Å². The Morgan fingerprint density at radius 2 is 0.270 bits per heavy atom. The van der Waals surface area contributed by atoms with Crippen LogP contribution in [0.3, 0.4) is 0 Å². The Bertz CT molecular complexity index is 1920. The molecule has 0 aromatic heterocycles. The number of hydrogen-bond donors (Lipinski definition) is 10. The molecule has 0 atom stereocenters. The van der Waals surface area contributed by atoms with Crippen LogP contribution >= 0.6 is 0 Å². The highest BCUT2D eigenvalue weighted by Gasteiger charge is 2.42. The molecule has 0 radical (unpaired) electrons. The second kappa shape index (κ2) is 42.2. The average molecular weight is 1580 g/mol. The van der Waals surface area contributed by atoms with Crippen molar-refractivity contribution in [1.29, 1.82) is 0 Å². The van der Waals surface area contributed by atoms with E-state index in [1.807, 2.05) is 0 Å². The molecule has 666 valence electrons. The molecule has 0 bridgehead atoms. The number of ether oxygens (including phenoxy) is 5. The van der Waals surface area contributed by atoms with Gasteiger partial charge in [0, 0.05) is 134 Å². The minimum Gasteiger partial charge on any atom is -0.373 e. The van der Waals surface area contributed by atoms with Gasteiger partial charge in [-0.15, -0.1) is 0 Å². The van der Waals surface area contributed by atoms with Crippen molar-refractivity contribution in [3.05, 3.63) is 0 Å². The van der Waals surface area contributed by atoms with Crippen LogP contribution in [-0.4, -0.2) is 198 Å². The quantitative estimate of drug-likeness (QED) is 0.0751. The van der Waals surface area contributed by atoms with Gasteiger partial charge in [0.05, 0.1) is 58.5 Å². The smallest absolute Gasteiger partial charge is 0.0612 e. The lowest BCUT2D eigenvalue weighted by Gasteiger charge is -2.49. The molecule has 8 aliphatic rings. The van der Waals surface area contributed by atoms with Gasteiger partial charge < -0.3 is 76.9 Å². The van der Waals surface area contributed by atoms with Crippen molar-refractivity contribution >= 4 is 0 Å². The summed E-state index contributed by atoms with van der Waals surface area (Å²) in [5.74, 6) is 0. The fraction of sp³-hybridized carbons (Fsp3) is 1.00. The first-order chi connectivity index (χ1) is 48.8. The number of rotatable bonds is 15. The molecular weight excluding hydrogens is 1380 g/mol. The third-order valence-corrected chi connectivity index (χ3v) is 18.6. The molecule has 8 fully saturated rings.